The summed E-state index contributed by atoms with van der Waals surface area (Å²) in [4.78, 5) is 41.1. The molecule has 1 amide bonds. The molecule has 39 heavy (non-hydrogen) atoms. The van der Waals surface area contributed by atoms with Crippen LogP contribution in [0.5, 0.6) is 11.5 Å². The Kier molecular flexibility index (Phi) is 9.23. The smallest absolute Gasteiger partial charge is 0.328 e. The molecule has 2 aromatic carbocycles. The molecule has 1 aromatic heterocycles. The summed E-state index contributed by atoms with van der Waals surface area (Å²) < 4.78 is 72.1. The summed E-state index contributed by atoms with van der Waals surface area (Å²) in [5.41, 5.74) is -0.757. The van der Waals surface area contributed by atoms with Crippen molar-refractivity contribution in [3.8, 4) is 11.5 Å². The van der Waals surface area contributed by atoms with E-state index >= 15 is 0 Å². The lowest BCUT2D eigenvalue weighted by Crippen LogP contribution is -2.42. The fourth-order valence-corrected chi connectivity index (χ4v) is 3.85. The van der Waals surface area contributed by atoms with E-state index < -0.39 is 59.2 Å². The number of methoxy groups -OCH3 is 1. The zero-order valence-corrected chi connectivity index (χ0v) is 21.3. The van der Waals surface area contributed by atoms with E-state index in [1.807, 2.05) is 0 Å². The zero-order chi connectivity index (χ0) is 28.9. The number of carbonyl (C=O) groups excluding carboxylic acids is 3. The van der Waals surface area contributed by atoms with E-state index in [4.69, 9.17) is 14.2 Å². The van der Waals surface area contributed by atoms with Crippen molar-refractivity contribution in [2.45, 2.75) is 38.8 Å². The second-order valence-electron chi connectivity index (χ2n) is 8.43. The van der Waals surface area contributed by atoms with Gasteiger partial charge in [0.05, 0.1) is 13.0 Å². The van der Waals surface area contributed by atoms with Crippen LogP contribution in [-0.2, 0) is 14.3 Å². The Balaban J connectivity index is 1.85. The SMILES string of the molecule is COc1ccnc(C(=O)N[C@@H](C)C(=O)O[C@@H](C)C(c2ccc(F)cc2F)c2ccc(F)cc2F)c1OC(C)=O. The Morgan fingerprint density at radius 3 is 1.95 bits per heavy atom. The summed E-state index contributed by atoms with van der Waals surface area (Å²) in [6.07, 6.45) is -0.0337. The van der Waals surface area contributed by atoms with Crippen LogP contribution in [0.4, 0.5) is 17.6 Å². The fraction of sp³-hybridized carbons (Fsp3) is 0.259. The summed E-state index contributed by atoms with van der Waals surface area (Å²) in [5, 5.41) is 2.35. The highest BCUT2D eigenvalue weighted by Crippen LogP contribution is 2.34. The van der Waals surface area contributed by atoms with Gasteiger partial charge in [-0.05, 0) is 37.1 Å². The van der Waals surface area contributed by atoms with E-state index in [0.717, 1.165) is 31.2 Å². The molecular weight excluding hydrogens is 524 g/mol. The van der Waals surface area contributed by atoms with E-state index in [9.17, 15) is 31.9 Å². The summed E-state index contributed by atoms with van der Waals surface area (Å²) >= 11 is 0. The number of hydrogen-bond acceptors (Lipinski definition) is 7. The molecule has 12 heteroatoms. The average molecular weight is 548 g/mol. The molecule has 0 aliphatic rings. The van der Waals surface area contributed by atoms with Crippen LogP contribution < -0.4 is 14.8 Å². The number of benzene rings is 2. The van der Waals surface area contributed by atoms with Crippen molar-refractivity contribution in [2.75, 3.05) is 7.11 Å². The third-order valence-corrected chi connectivity index (χ3v) is 5.62. The third-order valence-electron chi connectivity index (χ3n) is 5.62. The first-order valence-corrected chi connectivity index (χ1v) is 11.6. The number of ether oxygens (including phenoxy) is 3. The predicted molar refractivity (Wildman–Crippen MR) is 129 cm³/mol. The number of hydrogen-bond donors (Lipinski definition) is 1. The van der Waals surface area contributed by atoms with Gasteiger partial charge in [0, 0.05) is 31.3 Å². The Bertz CT molecular complexity index is 1350. The molecule has 0 bridgehead atoms. The molecule has 0 saturated heterocycles. The minimum absolute atomic E-state index is 0.0414. The van der Waals surface area contributed by atoms with Crippen LogP contribution in [0.1, 0.15) is 48.3 Å². The van der Waals surface area contributed by atoms with E-state index in [-0.39, 0.29) is 28.3 Å². The molecule has 0 spiro atoms. The van der Waals surface area contributed by atoms with Crippen molar-refractivity contribution in [3.05, 3.63) is 88.8 Å². The van der Waals surface area contributed by atoms with Gasteiger partial charge < -0.3 is 19.5 Å². The number of aromatic nitrogens is 1. The van der Waals surface area contributed by atoms with Crippen molar-refractivity contribution in [1.82, 2.24) is 10.3 Å². The number of rotatable bonds is 9. The number of carbonyl (C=O) groups is 3. The minimum Gasteiger partial charge on any atom is -0.493 e. The monoisotopic (exact) mass is 548 g/mol. The van der Waals surface area contributed by atoms with Crippen molar-refractivity contribution < 1.29 is 46.2 Å². The van der Waals surface area contributed by atoms with Crippen molar-refractivity contribution in [1.29, 1.82) is 0 Å². The van der Waals surface area contributed by atoms with Gasteiger partial charge in [0.25, 0.3) is 5.91 Å². The number of nitrogens with zero attached hydrogens (tertiary/aromatic N) is 1. The standard InChI is InChI=1S/C27H24F4N2O6/c1-13(33-26(35)24-25(39-15(3)34)22(37-4)9-10-32-24)27(36)38-14(2)23(18-7-5-16(28)11-20(18)30)19-8-6-17(29)12-21(19)31/h5-14,23H,1-4H3,(H,33,35)/t13-,14-/m0/s1. The van der Waals surface area contributed by atoms with Crippen LogP contribution in [0.3, 0.4) is 0 Å². The first-order valence-electron chi connectivity index (χ1n) is 11.6. The summed E-state index contributed by atoms with van der Waals surface area (Å²) in [6, 6.07) is 5.26. The number of pyridine rings is 1. The van der Waals surface area contributed by atoms with Gasteiger partial charge in [0.15, 0.2) is 11.4 Å². The molecule has 0 saturated carbocycles. The van der Waals surface area contributed by atoms with Crippen LogP contribution in [0, 0.1) is 23.3 Å². The predicted octanol–water partition coefficient (Wildman–Crippen LogP) is 4.45. The fourth-order valence-electron chi connectivity index (χ4n) is 3.85. The third kappa shape index (κ3) is 6.89. The van der Waals surface area contributed by atoms with Gasteiger partial charge in [-0.25, -0.2) is 27.3 Å². The Labute approximate surface area is 220 Å². The molecule has 0 fully saturated rings. The number of nitrogens with one attached hydrogen (secondary N) is 1. The Morgan fingerprint density at radius 2 is 1.46 bits per heavy atom. The first kappa shape index (κ1) is 29.1. The largest absolute Gasteiger partial charge is 0.493 e. The highest BCUT2D eigenvalue weighted by atomic mass is 19.1. The van der Waals surface area contributed by atoms with Gasteiger partial charge >= 0.3 is 11.9 Å². The molecule has 0 radical (unpaired) electrons. The molecule has 1 N–H and O–H groups in total. The molecule has 3 rings (SSSR count). The quantitative estimate of drug-likeness (QED) is 0.311. The average Bonchev–Trinajstić information content (AvgIpc) is 2.86. The highest BCUT2D eigenvalue weighted by molar-refractivity contribution is 5.98. The molecule has 0 unspecified atom stereocenters. The number of halogens is 4. The van der Waals surface area contributed by atoms with Gasteiger partial charge in [-0.2, -0.15) is 0 Å². The van der Waals surface area contributed by atoms with Crippen molar-refractivity contribution >= 4 is 17.8 Å². The topological polar surface area (TPSA) is 104 Å². The van der Waals surface area contributed by atoms with E-state index in [1.54, 1.807) is 0 Å². The van der Waals surface area contributed by atoms with Gasteiger partial charge in [-0.15, -0.1) is 0 Å². The van der Waals surface area contributed by atoms with Crippen LogP contribution in [0.25, 0.3) is 0 Å². The second-order valence-corrected chi connectivity index (χ2v) is 8.43. The van der Waals surface area contributed by atoms with Crippen LogP contribution in [-0.4, -0.2) is 42.1 Å². The lowest BCUT2D eigenvalue weighted by atomic mass is 9.86. The van der Waals surface area contributed by atoms with Gasteiger partial charge in [0.1, 0.15) is 35.4 Å². The van der Waals surface area contributed by atoms with E-state index in [0.29, 0.717) is 12.1 Å². The minimum atomic E-state index is -1.31. The Hall–Kier alpha value is -4.48. The second kappa shape index (κ2) is 12.4. The summed E-state index contributed by atoms with van der Waals surface area (Å²) in [7, 11) is 1.29. The molecule has 2 atom stereocenters. The highest BCUT2D eigenvalue weighted by Gasteiger charge is 2.32. The molecular formula is C27H24F4N2O6. The molecule has 3 aromatic rings. The Morgan fingerprint density at radius 1 is 0.897 bits per heavy atom. The normalized spacial score (nSPS) is 12.4. The van der Waals surface area contributed by atoms with Crippen LogP contribution >= 0.6 is 0 Å². The lowest BCUT2D eigenvalue weighted by Gasteiger charge is -2.27. The summed E-state index contributed by atoms with van der Waals surface area (Å²) in [6.45, 7) is 3.73. The van der Waals surface area contributed by atoms with E-state index in [2.05, 4.69) is 10.3 Å². The maximum absolute atomic E-state index is 14.7. The molecule has 1 heterocycles. The van der Waals surface area contributed by atoms with Crippen LogP contribution in [0.15, 0.2) is 48.7 Å². The van der Waals surface area contributed by atoms with Crippen LogP contribution in [0.2, 0.25) is 0 Å². The molecule has 0 aliphatic carbocycles. The van der Waals surface area contributed by atoms with Gasteiger partial charge in [0.2, 0.25) is 5.75 Å². The number of amides is 1. The molecule has 8 nitrogen and oxygen atoms in total. The number of esters is 2. The lowest BCUT2D eigenvalue weighted by molar-refractivity contribution is -0.150. The molecule has 0 aliphatic heterocycles. The zero-order valence-electron chi connectivity index (χ0n) is 21.3. The maximum Gasteiger partial charge on any atom is 0.328 e. The van der Waals surface area contributed by atoms with Crippen molar-refractivity contribution in [3.63, 3.8) is 0 Å². The van der Waals surface area contributed by atoms with Gasteiger partial charge in [-0.3, -0.25) is 9.59 Å². The first-order chi connectivity index (χ1) is 18.4. The summed E-state index contributed by atoms with van der Waals surface area (Å²) in [5.74, 6) is -8.00. The maximum atomic E-state index is 14.7. The van der Waals surface area contributed by atoms with Crippen molar-refractivity contribution in [2.24, 2.45) is 0 Å². The van der Waals surface area contributed by atoms with E-state index in [1.165, 1.54) is 33.2 Å². The molecule has 206 valence electrons. The van der Waals surface area contributed by atoms with Gasteiger partial charge in [-0.1, -0.05) is 12.1 Å².